The zero-order valence-corrected chi connectivity index (χ0v) is 16.9. The van der Waals surface area contributed by atoms with Crippen LogP contribution in [0.4, 0.5) is 5.82 Å². The van der Waals surface area contributed by atoms with Crippen molar-refractivity contribution in [2.45, 2.75) is 13.0 Å². The van der Waals surface area contributed by atoms with Gasteiger partial charge in [-0.1, -0.05) is 47.1 Å². The molecule has 1 aliphatic heterocycles. The summed E-state index contributed by atoms with van der Waals surface area (Å²) in [6.07, 6.45) is 0. The van der Waals surface area contributed by atoms with E-state index in [0.717, 1.165) is 0 Å². The van der Waals surface area contributed by atoms with Crippen molar-refractivity contribution in [3.8, 4) is 5.75 Å². The number of Topliss-reactive ketones (excluding diaryl/α,β-unsaturated/α-hetero) is 1. The van der Waals surface area contributed by atoms with Crippen LogP contribution in [0.5, 0.6) is 5.75 Å². The van der Waals surface area contributed by atoms with Gasteiger partial charge in [-0.3, -0.25) is 14.5 Å². The Bertz CT molecular complexity index is 1170. The molecule has 1 aliphatic rings. The summed E-state index contributed by atoms with van der Waals surface area (Å²) in [5.41, 5.74) is 0.864. The Morgan fingerprint density at radius 2 is 1.90 bits per heavy atom. The maximum Gasteiger partial charge on any atom is 0.301 e. The number of aromatic nitrogens is 1. The highest BCUT2D eigenvalue weighted by atomic mass is 35.5. The van der Waals surface area contributed by atoms with Gasteiger partial charge in [-0.2, -0.15) is 0 Å². The van der Waals surface area contributed by atoms with Crippen molar-refractivity contribution in [1.82, 2.24) is 5.16 Å². The van der Waals surface area contributed by atoms with Crippen LogP contribution in [-0.2, 0) is 9.59 Å². The summed E-state index contributed by atoms with van der Waals surface area (Å²) in [6, 6.07) is 14.2. The highest BCUT2D eigenvalue weighted by Crippen LogP contribution is 2.42. The third-order valence-corrected chi connectivity index (χ3v) is 5.14. The average Bonchev–Trinajstić information content (AvgIpc) is 3.29. The molecule has 0 aliphatic carbocycles. The number of ketones is 1. The molecule has 1 fully saturated rings. The fourth-order valence-electron chi connectivity index (χ4n) is 3.46. The van der Waals surface area contributed by atoms with Crippen molar-refractivity contribution in [3.05, 3.63) is 82.1 Å². The van der Waals surface area contributed by atoms with Gasteiger partial charge in [0.2, 0.25) is 0 Å². The van der Waals surface area contributed by atoms with Gasteiger partial charge in [-0.05, 0) is 30.7 Å². The van der Waals surface area contributed by atoms with Gasteiger partial charge in [-0.15, -0.1) is 0 Å². The molecule has 3 aromatic rings. The topological polar surface area (TPSA) is 92.9 Å². The van der Waals surface area contributed by atoms with Crippen molar-refractivity contribution >= 4 is 34.9 Å². The first-order valence-electron chi connectivity index (χ1n) is 9.05. The standard InChI is InChI=1S/C22H17ClN2O5/c1-12-10-17(24-30-12)25-19(13-6-4-3-5-7-13)18(21(27)22(25)28)20(26)14-8-9-16(29-2)15(23)11-14/h3-11,19,26H,1-2H3/b20-18+. The van der Waals surface area contributed by atoms with Crippen molar-refractivity contribution in [2.24, 2.45) is 0 Å². The Balaban J connectivity index is 1.92. The molecule has 2 aromatic carbocycles. The van der Waals surface area contributed by atoms with Crippen LogP contribution in [-0.4, -0.2) is 29.1 Å². The van der Waals surface area contributed by atoms with E-state index in [9.17, 15) is 14.7 Å². The van der Waals surface area contributed by atoms with E-state index in [2.05, 4.69) is 5.16 Å². The van der Waals surface area contributed by atoms with Crippen LogP contribution < -0.4 is 9.64 Å². The summed E-state index contributed by atoms with van der Waals surface area (Å²) >= 11 is 6.18. The number of amides is 1. The molecule has 1 aromatic heterocycles. The summed E-state index contributed by atoms with van der Waals surface area (Å²) in [7, 11) is 1.47. The number of hydrogen-bond acceptors (Lipinski definition) is 6. The number of benzene rings is 2. The molecule has 1 unspecified atom stereocenters. The number of methoxy groups -OCH3 is 1. The Morgan fingerprint density at radius 1 is 1.17 bits per heavy atom. The zero-order valence-electron chi connectivity index (χ0n) is 16.1. The predicted molar refractivity (Wildman–Crippen MR) is 110 cm³/mol. The second kappa shape index (κ2) is 7.68. The van der Waals surface area contributed by atoms with Crippen LogP contribution in [0.3, 0.4) is 0 Å². The molecule has 0 saturated carbocycles. The number of halogens is 1. The molecule has 1 N–H and O–H groups in total. The Morgan fingerprint density at radius 3 is 2.50 bits per heavy atom. The number of rotatable bonds is 4. The number of nitrogens with zero attached hydrogens (tertiary/aromatic N) is 2. The molecule has 0 bridgehead atoms. The number of aryl methyl sites for hydroxylation is 1. The molecule has 1 atom stereocenters. The first kappa shape index (κ1) is 19.7. The quantitative estimate of drug-likeness (QED) is 0.382. The maximum atomic E-state index is 13.0. The summed E-state index contributed by atoms with van der Waals surface area (Å²) < 4.78 is 10.2. The van der Waals surface area contributed by atoms with Gasteiger partial charge in [-0.25, -0.2) is 0 Å². The molecule has 7 nitrogen and oxygen atoms in total. The van der Waals surface area contributed by atoms with E-state index in [-0.39, 0.29) is 27.7 Å². The Labute approximate surface area is 177 Å². The summed E-state index contributed by atoms with van der Waals surface area (Å²) in [6.45, 7) is 1.68. The lowest BCUT2D eigenvalue weighted by Gasteiger charge is -2.22. The third kappa shape index (κ3) is 3.23. The molecule has 0 spiro atoms. The number of anilines is 1. The normalized spacial score (nSPS) is 18.1. The monoisotopic (exact) mass is 424 g/mol. The van der Waals surface area contributed by atoms with Crippen molar-refractivity contribution < 1.29 is 24.0 Å². The van der Waals surface area contributed by atoms with Gasteiger partial charge in [0.1, 0.15) is 17.3 Å². The summed E-state index contributed by atoms with van der Waals surface area (Å²) in [5.74, 6) is -0.871. The molecule has 152 valence electrons. The second-order valence-corrected chi connectivity index (χ2v) is 7.13. The third-order valence-electron chi connectivity index (χ3n) is 4.85. The largest absolute Gasteiger partial charge is 0.507 e. The van der Waals surface area contributed by atoms with Gasteiger partial charge >= 0.3 is 5.91 Å². The minimum atomic E-state index is -0.878. The number of ether oxygens (including phenoxy) is 1. The van der Waals surface area contributed by atoms with E-state index in [1.54, 1.807) is 49.4 Å². The highest BCUT2D eigenvalue weighted by Gasteiger charge is 2.48. The maximum absolute atomic E-state index is 13.0. The fourth-order valence-corrected chi connectivity index (χ4v) is 3.71. The van der Waals surface area contributed by atoms with E-state index in [1.165, 1.54) is 18.1 Å². The zero-order chi connectivity index (χ0) is 21.4. The molecule has 30 heavy (non-hydrogen) atoms. The number of hydrogen-bond donors (Lipinski definition) is 1. The van der Waals surface area contributed by atoms with E-state index in [1.807, 2.05) is 6.07 Å². The van der Waals surface area contributed by atoms with Crippen molar-refractivity contribution in [1.29, 1.82) is 0 Å². The molecular weight excluding hydrogens is 408 g/mol. The van der Waals surface area contributed by atoms with Gasteiger partial charge in [0, 0.05) is 11.6 Å². The van der Waals surface area contributed by atoms with Crippen LogP contribution in [0, 0.1) is 6.92 Å². The lowest BCUT2D eigenvalue weighted by Crippen LogP contribution is -2.29. The lowest BCUT2D eigenvalue weighted by atomic mass is 9.95. The Kier molecular flexibility index (Phi) is 5.05. The molecule has 4 rings (SSSR count). The van der Waals surface area contributed by atoms with Crippen LogP contribution >= 0.6 is 11.6 Å². The van der Waals surface area contributed by atoms with E-state index in [4.69, 9.17) is 20.9 Å². The molecule has 1 saturated heterocycles. The van der Waals surface area contributed by atoms with E-state index in [0.29, 0.717) is 17.1 Å². The minimum absolute atomic E-state index is 0.0620. The smallest absolute Gasteiger partial charge is 0.301 e. The van der Waals surface area contributed by atoms with Crippen molar-refractivity contribution in [2.75, 3.05) is 12.0 Å². The molecule has 0 radical (unpaired) electrons. The molecule has 8 heteroatoms. The van der Waals surface area contributed by atoms with Crippen LogP contribution in [0.15, 0.2) is 64.7 Å². The minimum Gasteiger partial charge on any atom is -0.507 e. The van der Waals surface area contributed by atoms with Crippen LogP contribution in [0.2, 0.25) is 5.02 Å². The average molecular weight is 425 g/mol. The highest BCUT2D eigenvalue weighted by molar-refractivity contribution is 6.51. The molecular formula is C22H17ClN2O5. The predicted octanol–water partition coefficient (Wildman–Crippen LogP) is 4.27. The lowest BCUT2D eigenvalue weighted by molar-refractivity contribution is -0.132. The van der Waals surface area contributed by atoms with Gasteiger partial charge < -0.3 is 14.4 Å². The second-order valence-electron chi connectivity index (χ2n) is 6.72. The summed E-state index contributed by atoms with van der Waals surface area (Å²) in [4.78, 5) is 27.1. The number of carbonyl (C=O) groups excluding carboxylic acids is 2. The van der Waals surface area contributed by atoms with Crippen LogP contribution in [0.1, 0.15) is 22.9 Å². The first-order chi connectivity index (χ1) is 14.4. The van der Waals surface area contributed by atoms with Gasteiger partial charge in [0.25, 0.3) is 5.78 Å². The summed E-state index contributed by atoms with van der Waals surface area (Å²) in [5, 5.41) is 15.2. The SMILES string of the molecule is COc1ccc(/C(O)=C2\C(=O)C(=O)N(c3cc(C)on3)C2c2ccccc2)cc1Cl. The van der Waals surface area contributed by atoms with Crippen molar-refractivity contribution in [3.63, 3.8) is 0 Å². The molecule has 1 amide bonds. The van der Waals surface area contributed by atoms with E-state index >= 15 is 0 Å². The fraction of sp³-hybridized carbons (Fsp3) is 0.136. The first-order valence-corrected chi connectivity index (χ1v) is 9.43. The molecule has 2 heterocycles. The Hall–Kier alpha value is -3.58. The van der Waals surface area contributed by atoms with Gasteiger partial charge in [0.05, 0.1) is 23.7 Å². The van der Waals surface area contributed by atoms with Gasteiger partial charge in [0.15, 0.2) is 5.82 Å². The number of aliphatic hydroxyl groups excluding tert-OH is 1. The number of carbonyl (C=O) groups is 2. The van der Waals surface area contributed by atoms with Crippen LogP contribution in [0.25, 0.3) is 5.76 Å². The number of aliphatic hydroxyl groups is 1. The van der Waals surface area contributed by atoms with E-state index < -0.39 is 17.7 Å².